The number of carbonyl (C=O) groups excluding carboxylic acids is 1. The van der Waals surface area contributed by atoms with Gasteiger partial charge in [0.1, 0.15) is 5.75 Å². The maximum Gasteiger partial charge on any atom is 0.257 e. The van der Waals surface area contributed by atoms with Crippen LogP contribution in [0.25, 0.3) is 0 Å². The van der Waals surface area contributed by atoms with Gasteiger partial charge in [-0.25, -0.2) is 0 Å². The molecule has 0 bridgehead atoms. The molecule has 0 aliphatic rings. The van der Waals surface area contributed by atoms with Crippen molar-refractivity contribution in [1.29, 1.82) is 0 Å². The first kappa shape index (κ1) is 18.9. The highest BCUT2D eigenvalue weighted by atomic mass is 16.5. The fraction of sp³-hybridized carbons (Fsp3) is 0.400. The molecule has 0 atom stereocenters. The summed E-state index contributed by atoms with van der Waals surface area (Å²) in [6, 6.07) is 9.67. The van der Waals surface area contributed by atoms with Gasteiger partial charge in [-0.2, -0.15) is 0 Å². The zero-order valence-electron chi connectivity index (χ0n) is 15.5. The molecule has 0 aliphatic heterocycles. The largest absolute Gasteiger partial charge is 0.493 e. The number of hydrogen-bond donors (Lipinski definition) is 1. The Labute approximate surface area is 149 Å². The molecular weight excluding hydrogens is 314 g/mol. The van der Waals surface area contributed by atoms with Gasteiger partial charge < -0.3 is 15.4 Å². The molecular formula is C20H27N3O2. The van der Waals surface area contributed by atoms with Crippen LogP contribution >= 0.6 is 0 Å². The second kappa shape index (κ2) is 8.62. The van der Waals surface area contributed by atoms with Gasteiger partial charge in [0.05, 0.1) is 24.4 Å². The molecule has 1 amide bonds. The number of aromatic nitrogens is 1. The van der Waals surface area contributed by atoms with Crippen molar-refractivity contribution >= 4 is 5.91 Å². The van der Waals surface area contributed by atoms with Crippen LogP contribution < -0.4 is 10.5 Å². The molecule has 0 aliphatic carbocycles. The molecule has 1 aromatic heterocycles. The van der Waals surface area contributed by atoms with Crippen molar-refractivity contribution < 1.29 is 9.53 Å². The Bertz CT molecular complexity index is 723. The van der Waals surface area contributed by atoms with Gasteiger partial charge in [-0.3, -0.25) is 9.78 Å². The quantitative estimate of drug-likeness (QED) is 0.786. The first-order chi connectivity index (χ1) is 11.9. The van der Waals surface area contributed by atoms with Crippen LogP contribution in [0.2, 0.25) is 0 Å². The zero-order valence-corrected chi connectivity index (χ0v) is 15.5. The number of aryl methyl sites for hydroxylation is 3. The topological polar surface area (TPSA) is 68.5 Å². The highest BCUT2D eigenvalue weighted by molar-refractivity contribution is 5.96. The SMILES string of the molecule is Cc1cc(C)nc(CN(C)C(=O)c2ccc(C)cc2OCCCN)c1. The molecule has 1 aromatic carbocycles. The van der Waals surface area contributed by atoms with E-state index in [0.717, 1.165) is 28.9 Å². The van der Waals surface area contributed by atoms with Crippen LogP contribution in [0.4, 0.5) is 0 Å². The van der Waals surface area contributed by atoms with Gasteiger partial charge in [0.15, 0.2) is 0 Å². The Kier molecular flexibility index (Phi) is 6.53. The molecule has 25 heavy (non-hydrogen) atoms. The summed E-state index contributed by atoms with van der Waals surface area (Å²) < 4.78 is 5.77. The normalized spacial score (nSPS) is 10.6. The Balaban J connectivity index is 2.18. The number of hydrogen-bond acceptors (Lipinski definition) is 4. The lowest BCUT2D eigenvalue weighted by atomic mass is 10.1. The third kappa shape index (κ3) is 5.29. The second-order valence-corrected chi connectivity index (χ2v) is 6.43. The summed E-state index contributed by atoms with van der Waals surface area (Å²) in [5, 5.41) is 0. The highest BCUT2D eigenvalue weighted by Crippen LogP contribution is 2.22. The van der Waals surface area contributed by atoms with Crippen LogP contribution in [-0.4, -0.2) is 36.0 Å². The van der Waals surface area contributed by atoms with Crippen LogP contribution in [0.1, 0.15) is 39.3 Å². The number of rotatable bonds is 7. The number of benzene rings is 1. The molecule has 5 heteroatoms. The van der Waals surface area contributed by atoms with Crippen molar-refractivity contribution in [3.8, 4) is 5.75 Å². The van der Waals surface area contributed by atoms with Gasteiger partial charge in [0.25, 0.3) is 5.91 Å². The lowest BCUT2D eigenvalue weighted by Crippen LogP contribution is -2.27. The molecule has 134 valence electrons. The Morgan fingerprint density at radius 1 is 1.16 bits per heavy atom. The summed E-state index contributed by atoms with van der Waals surface area (Å²) in [6.45, 7) is 7.49. The van der Waals surface area contributed by atoms with Gasteiger partial charge in [-0.15, -0.1) is 0 Å². The van der Waals surface area contributed by atoms with Gasteiger partial charge in [-0.05, 0) is 69.1 Å². The molecule has 0 saturated carbocycles. The van der Waals surface area contributed by atoms with Gasteiger partial charge >= 0.3 is 0 Å². The number of carbonyl (C=O) groups is 1. The van der Waals surface area contributed by atoms with Gasteiger partial charge in [-0.1, -0.05) is 6.07 Å². The minimum atomic E-state index is -0.0799. The molecule has 0 saturated heterocycles. The minimum Gasteiger partial charge on any atom is -0.493 e. The average molecular weight is 341 g/mol. The number of nitrogens with zero attached hydrogens (tertiary/aromatic N) is 2. The van der Waals surface area contributed by atoms with E-state index in [0.29, 0.717) is 31.0 Å². The molecule has 0 fully saturated rings. The number of nitrogens with two attached hydrogens (primary N) is 1. The van der Waals surface area contributed by atoms with Crippen LogP contribution in [0, 0.1) is 20.8 Å². The first-order valence-corrected chi connectivity index (χ1v) is 8.54. The smallest absolute Gasteiger partial charge is 0.257 e. The van der Waals surface area contributed by atoms with E-state index in [2.05, 4.69) is 4.98 Å². The molecule has 5 nitrogen and oxygen atoms in total. The second-order valence-electron chi connectivity index (χ2n) is 6.43. The summed E-state index contributed by atoms with van der Waals surface area (Å²) in [5.41, 5.74) is 10.1. The third-order valence-corrected chi connectivity index (χ3v) is 3.87. The van der Waals surface area contributed by atoms with Crippen LogP contribution in [0.5, 0.6) is 5.75 Å². The zero-order chi connectivity index (χ0) is 18.4. The number of amides is 1. The molecule has 2 N–H and O–H groups in total. The van der Waals surface area contributed by atoms with E-state index in [1.54, 1.807) is 11.9 Å². The molecule has 0 radical (unpaired) electrons. The third-order valence-electron chi connectivity index (χ3n) is 3.87. The van der Waals surface area contributed by atoms with E-state index in [1.165, 1.54) is 0 Å². The minimum absolute atomic E-state index is 0.0799. The summed E-state index contributed by atoms with van der Waals surface area (Å²) >= 11 is 0. The summed E-state index contributed by atoms with van der Waals surface area (Å²) in [5.74, 6) is 0.530. The predicted octanol–water partition coefficient (Wildman–Crippen LogP) is 3.01. The highest BCUT2D eigenvalue weighted by Gasteiger charge is 2.18. The van der Waals surface area contributed by atoms with Crippen molar-refractivity contribution in [2.24, 2.45) is 5.73 Å². The molecule has 2 aromatic rings. The van der Waals surface area contributed by atoms with Crippen molar-refractivity contribution in [1.82, 2.24) is 9.88 Å². The van der Waals surface area contributed by atoms with Crippen LogP contribution in [0.15, 0.2) is 30.3 Å². The Hall–Kier alpha value is -2.40. The molecule has 1 heterocycles. The fourth-order valence-corrected chi connectivity index (χ4v) is 2.72. The fourth-order valence-electron chi connectivity index (χ4n) is 2.72. The van der Waals surface area contributed by atoms with Crippen molar-refractivity contribution in [2.75, 3.05) is 20.2 Å². The maximum atomic E-state index is 12.9. The summed E-state index contributed by atoms with van der Waals surface area (Å²) in [4.78, 5) is 19.1. The van der Waals surface area contributed by atoms with E-state index in [-0.39, 0.29) is 5.91 Å². The molecule has 0 unspecified atom stereocenters. The summed E-state index contributed by atoms with van der Waals surface area (Å²) in [7, 11) is 1.78. The van der Waals surface area contributed by atoms with E-state index >= 15 is 0 Å². The van der Waals surface area contributed by atoms with Crippen molar-refractivity contribution in [3.05, 3.63) is 58.4 Å². The molecule has 0 spiro atoms. The van der Waals surface area contributed by atoms with Gasteiger partial charge in [0, 0.05) is 12.7 Å². The van der Waals surface area contributed by atoms with Crippen LogP contribution in [-0.2, 0) is 6.54 Å². The van der Waals surface area contributed by atoms with Gasteiger partial charge in [0.2, 0.25) is 0 Å². The van der Waals surface area contributed by atoms with Crippen molar-refractivity contribution in [2.45, 2.75) is 33.7 Å². The lowest BCUT2D eigenvalue weighted by molar-refractivity contribution is 0.0779. The predicted molar refractivity (Wildman–Crippen MR) is 99.9 cm³/mol. The maximum absolute atomic E-state index is 12.9. The van der Waals surface area contributed by atoms with Crippen molar-refractivity contribution in [3.63, 3.8) is 0 Å². The monoisotopic (exact) mass is 341 g/mol. The Morgan fingerprint density at radius 3 is 2.60 bits per heavy atom. The first-order valence-electron chi connectivity index (χ1n) is 8.54. The molecule has 2 rings (SSSR count). The summed E-state index contributed by atoms with van der Waals surface area (Å²) in [6.07, 6.45) is 0.754. The standard InChI is InChI=1S/C20H27N3O2/c1-14-6-7-18(19(12-14)25-9-5-8-21)20(24)23(4)13-17-11-15(2)10-16(3)22-17/h6-7,10-12H,5,8-9,13,21H2,1-4H3. The van der Waals surface area contributed by atoms with E-state index < -0.39 is 0 Å². The average Bonchev–Trinajstić information content (AvgIpc) is 2.53. The van der Waals surface area contributed by atoms with E-state index in [1.807, 2.05) is 51.1 Å². The van der Waals surface area contributed by atoms with Crippen LogP contribution in [0.3, 0.4) is 0 Å². The van der Waals surface area contributed by atoms with E-state index in [9.17, 15) is 4.79 Å². The Morgan fingerprint density at radius 2 is 1.92 bits per heavy atom. The number of pyridine rings is 1. The lowest BCUT2D eigenvalue weighted by Gasteiger charge is -2.19. The van der Waals surface area contributed by atoms with E-state index in [4.69, 9.17) is 10.5 Å². The number of ether oxygens (including phenoxy) is 1.